The van der Waals surface area contributed by atoms with Crippen molar-refractivity contribution in [1.82, 2.24) is 4.57 Å². The molecule has 3 unspecified atom stereocenters. The molecule has 0 amide bonds. The molecule has 0 N–H and O–H groups in total. The monoisotopic (exact) mass is 425 g/mol. The van der Waals surface area contributed by atoms with Crippen LogP contribution in [0.3, 0.4) is 0 Å². The van der Waals surface area contributed by atoms with Gasteiger partial charge >= 0.3 is 11.9 Å². The van der Waals surface area contributed by atoms with Crippen molar-refractivity contribution in [1.29, 1.82) is 0 Å². The summed E-state index contributed by atoms with van der Waals surface area (Å²) in [5.41, 5.74) is 0.353. The van der Waals surface area contributed by atoms with Gasteiger partial charge in [-0.25, -0.2) is 14.0 Å². The van der Waals surface area contributed by atoms with E-state index in [2.05, 4.69) is 6.92 Å². The average molecular weight is 426 g/mol. The summed E-state index contributed by atoms with van der Waals surface area (Å²) in [6, 6.07) is 3.37. The molecular formula is C23H36FNO5. The first-order valence-corrected chi connectivity index (χ1v) is 11.3. The van der Waals surface area contributed by atoms with Crippen LogP contribution in [-0.4, -0.2) is 41.7 Å². The van der Waals surface area contributed by atoms with Crippen LogP contribution >= 0.6 is 0 Å². The molecule has 1 fully saturated rings. The largest absolute Gasteiger partial charge is 0.454 e. The highest BCUT2D eigenvalue weighted by Gasteiger charge is 2.32. The summed E-state index contributed by atoms with van der Waals surface area (Å²) in [5, 5.41) is 0. The van der Waals surface area contributed by atoms with Crippen LogP contribution in [0.5, 0.6) is 0 Å². The number of aromatic nitrogens is 1. The summed E-state index contributed by atoms with van der Waals surface area (Å²) in [4.78, 5) is 23.6. The number of ether oxygens (including phenoxy) is 3. The molecule has 6 nitrogen and oxygen atoms in total. The van der Waals surface area contributed by atoms with Crippen molar-refractivity contribution in [3.63, 3.8) is 0 Å². The number of cyclic esters (lactones) is 1. The zero-order valence-corrected chi connectivity index (χ0v) is 18.3. The number of carbonyl (C=O) groups is 2. The average Bonchev–Trinajstić information content (AvgIpc) is 3.33. The quantitative estimate of drug-likeness (QED) is 0.286. The second-order valence-electron chi connectivity index (χ2n) is 7.98. The summed E-state index contributed by atoms with van der Waals surface area (Å²) in [6.07, 6.45) is 9.86. The lowest BCUT2D eigenvalue weighted by Crippen LogP contribution is -2.22. The molecule has 0 saturated carbocycles. The van der Waals surface area contributed by atoms with Crippen molar-refractivity contribution >= 4 is 11.9 Å². The summed E-state index contributed by atoms with van der Waals surface area (Å²) in [7, 11) is 0. The van der Waals surface area contributed by atoms with Gasteiger partial charge in [-0.2, -0.15) is 0 Å². The SMILES string of the molecule is CCCCCCCCCCC(F)CCn1cccc1C(=O)OCC1OC(=O)C(C)O1. The summed E-state index contributed by atoms with van der Waals surface area (Å²) >= 11 is 0. The first kappa shape index (κ1) is 24.4. The van der Waals surface area contributed by atoms with E-state index in [4.69, 9.17) is 14.2 Å². The van der Waals surface area contributed by atoms with Crippen LogP contribution in [-0.2, 0) is 25.5 Å². The fourth-order valence-electron chi connectivity index (χ4n) is 3.54. The van der Waals surface area contributed by atoms with Gasteiger partial charge in [0.1, 0.15) is 11.9 Å². The van der Waals surface area contributed by atoms with Crippen LogP contribution in [0.4, 0.5) is 4.39 Å². The maximum absolute atomic E-state index is 14.2. The van der Waals surface area contributed by atoms with Gasteiger partial charge in [0.15, 0.2) is 12.7 Å². The van der Waals surface area contributed by atoms with E-state index in [9.17, 15) is 14.0 Å². The Hall–Kier alpha value is -1.89. The van der Waals surface area contributed by atoms with E-state index >= 15 is 0 Å². The molecule has 0 bridgehead atoms. The third kappa shape index (κ3) is 8.46. The third-order valence-electron chi connectivity index (χ3n) is 5.38. The van der Waals surface area contributed by atoms with Gasteiger partial charge in [0.25, 0.3) is 0 Å². The van der Waals surface area contributed by atoms with Crippen molar-refractivity contribution in [2.24, 2.45) is 0 Å². The molecule has 7 heteroatoms. The highest BCUT2D eigenvalue weighted by Crippen LogP contribution is 2.16. The van der Waals surface area contributed by atoms with Gasteiger partial charge in [-0.05, 0) is 31.9 Å². The number of carbonyl (C=O) groups excluding carboxylic acids is 2. The molecule has 1 aromatic heterocycles. The Morgan fingerprint density at radius 3 is 2.53 bits per heavy atom. The van der Waals surface area contributed by atoms with E-state index in [1.807, 2.05) is 0 Å². The van der Waals surface area contributed by atoms with Crippen molar-refractivity contribution in [2.75, 3.05) is 6.61 Å². The van der Waals surface area contributed by atoms with E-state index in [0.29, 0.717) is 25.1 Å². The van der Waals surface area contributed by atoms with E-state index in [1.54, 1.807) is 29.8 Å². The van der Waals surface area contributed by atoms with E-state index in [1.165, 1.54) is 38.5 Å². The summed E-state index contributed by atoms with van der Waals surface area (Å²) in [6.45, 7) is 4.05. The number of rotatable bonds is 15. The fraction of sp³-hybridized carbons (Fsp3) is 0.739. The minimum Gasteiger partial charge on any atom is -0.454 e. The van der Waals surface area contributed by atoms with Gasteiger partial charge in [-0.3, -0.25) is 0 Å². The maximum atomic E-state index is 14.2. The Bertz CT molecular complexity index is 647. The second-order valence-corrected chi connectivity index (χ2v) is 7.98. The number of hydrogen-bond acceptors (Lipinski definition) is 5. The van der Waals surface area contributed by atoms with Crippen LogP contribution in [0.2, 0.25) is 0 Å². The van der Waals surface area contributed by atoms with Crippen molar-refractivity contribution in [3.05, 3.63) is 24.0 Å². The summed E-state index contributed by atoms with van der Waals surface area (Å²) < 4.78 is 31.3. The molecule has 1 saturated heterocycles. The van der Waals surface area contributed by atoms with Gasteiger partial charge in [-0.1, -0.05) is 58.3 Å². The molecule has 2 heterocycles. The molecule has 1 aliphatic rings. The van der Waals surface area contributed by atoms with Crippen LogP contribution < -0.4 is 0 Å². The number of halogens is 1. The van der Waals surface area contributed by atoms with Gasteiger partial charge in [0, 0.05) is 12.7 Å². The molecule has 1 aromatic rings. The van der Waals surface area contributed by atoms with E-state index in [-0.39, 0.29) is 6.61 Å². The van der Waals surface area contributed by atoms with E-state index in [0.717, 1.165) is 12.8 Å². The van der Waals surface area contributed by atoms with Gasteiger partial charge in [0.2, 0.25) is 6.29 Å². The van der Waals surface area contributed by atoms with Crippen molar-refractivity contribution in [2.45, 2.75) is 103 Å². The Balaban J connectivity index is 1.61. The predicted octanol–water partition coefficient (Wildman–Crippen LogP) is 5.19. The van der Waals surface area contributed by atoms with Gasteiger partial charge in [0.05, 0.1) is 0 Å². The minimum atomic E-state index is -0.873. The Morgan fingerprint density at radius 2 is 1.87 bits per heavy atom. The van der Waals surface area contributed by atoms with Crippen LogP contribution in [0.25, 0.3) is 0 Å². The zero-order chi connectivity index (χ0) is 21.8. The molecule has 0 radical (unpaired) electrons. The van der Waals surface area contributed by atoms with Gasteiger partial charge in [-0.15, -0.1) is 0 Å². The molecule has 170 valence electrons. The topological polar surface area (TPSA) is 66.8 Å². The zero-order valence-electron chi connectivity index (χ0n) is 18.3. The minimum absolute atomic E-state index is 0.162. The normalized spacial score (nSPS) is 19.6. The lowest BCUT2D eigenvalue weighted by molar-refractivity contribution is -0.146. The number of esters is 2. The molecule has 1 aliphatic heterocycles. The Kier molecular flexibility index (Phi) is 10.9. The lowest BCUT2D eigenvalue weighted by atomic mass is 10.1. The van der Waals surface area contributed by atoms with E-state index < -0.39 is 30.5 Å². The van der Waals surface area contributed by atoms with Crippen molar-refractivity contribution < 1.29 is 28.2 Å². The molecule has 2 rings (SSSR count). The number of unbranched alkanes of at least 4 members (excludes halogenated alkanes) is 7. The summed E-state index contributed by atoms with van der Waals surface area (Å²) in [5.74, 6) is -1.01. The standard InChI is InChI=1S/C23H36FNO5/c1-3-4-5-6-7-8-9-10-12-19(24)14-16-25-15-11-13-20(25)23(27)28-17-21-29-18(2)22(26)30-21/h11,13,15,18-19,21H,3-10,12,14,16-17H2,1-2H3. The van der Waals surface area contributed by atoms with Crippen LogP contribution in [0.1, 0.15) is 88.5 Å². The molecule has 0 aromatic carbocycles. The highest BCUT2D eigenvalue weighted by atomic mass is 19.1. The first-order valence-electron chi connectivity index (χ1n) is 11.3. The lowest BCUT2D eigenvalue weighted by Gasteiger charge is -2.13. The number of alkyl halides is 1. The maximum Gasteiger partial charge on any atom is 0.355 e. The fourth-order valence-corrected chi connectivity index (χ4v) is 3.54. The predicted molar refractivity (Wildman–Crippen MR) is 112 cm³/mol. The second kappa shape index (κ2) is 13.4. The number of nitrogens with zero attached hydrogens (tertiary/aromatic N) is 1. The Morgan fingerprint density at radius 1 is 1.17 bits per heavy atom. The Labute approximate surface area is 179 Å². The molecule has 30 heavy (non-hydrogen) atoms. The van der Waals surface area contributed by atoms with Crippen molar-refractivity contribution in [3.8, 4) is 0 Å². The molecular weight excluding hydrogens is 389 g/mol. The first-order chi connectivity index (χ1) is 14.5. The van der Waals surface area contributed by atoms with Gasteiger partial charge < -0.3 is 18.8 Å². The number of aryl methyl sites for hydroxylation is 1. The third-order valence-corrected chi connectivity index (χ3v) is 5.38. The van der Waals surface area contributed by atoms with Crippen LogP contribution in [0, 0.1) is 0 Å². The molecule has 0 aliphatic carbocycles. The number of hydrogen-bond donors (Lipinski definition) is 0. The van der Waals surface area contributed by atoms with Crippen LogP contribution in [0.15, 0.2) is 18.3 Å². The highest BCUT2D eigenvalue weighted by molar-refractivity contribution is 5.87. The molecule has 3 atom stereocenters. The molecule has 0 spiro atoms. The smallest absolute Gasteiger partial charge is 0.355 e.